The van der Waals surface area contributed by atoms with Crippen molar-refractivity contribution in [3.05, 3.63) is 77.1 Å². The third kappa shape index (κ3) is 5.03. The number of pyridine rings is 1. The molecule has 0 saturated heterocycles. The Morgan fingerprint density at radius 2 is 1.78 bits per heavy atom. The summed E-state index contributed by atoms with van der Waals surface area (Å²) >= 11 is 0. The molecule has 0 aliphatic heterocycles. The molecule has 3 rings (SSSR count). The van der Waals surface area contributed by atoms with Crippen molar-refractivity contribution in [3.63, 3.8) is 0 Å². The largest absolute Gasteiger partial charge is 0.507 e. The number of carbonyl (C=O) groups excluding carboxylic acids is 1. The number of carbonyl (C=O) groups is 2. The first-order chi connectivity index (χ1) is 15.1. The Hall–Kier alpha value is -3.92. The van der Waals surface area contributed by atoms with Crippen molar-refractivity contribution in [1.82, 2.24) is 4.98 Å². The van der Waals surface area contributed by atoms with Crippen LogP contribution in [0, 0.1) is 6.92 Å². The average Bonchev–Trinajstić information content (AvgIpc) is 2.75. The number of hydrogen-bond acceptors (Lipinski definition) is 7. The van der Waals surface area contributed by atoms with Gasteiger partial charge in [-0.3, -0.25) is 14.5 Å². The number of nitrogens with zero attached hydrogens (tertiary/aromatic N) is 1. The molecular weight excluding hydrogens is 436 g/mol. The minimum atomic E-state index is -4.02. The summed E-state index contributed by atoms with van der Waals surface area (Å²) in [4.78, 5) is 25.9. The van der Waals surface area contributed by atoms with Gasteiger partial charge in [0.1, 0.15) is 23.0 Å². The molecule has 3 aromatic rings. The van der Waals surface area contributed by atoms with Crippen LogP contribution in [0.1, 0.15) is 38.8 Å². The van der Waals surface area contributed by atoms with Gasteiger partial charge in [-0.15, -0.1) is 0 Å². The molecule has 0 unspecified atom stereocenters. The van der Waals surface area contributed by atoms with E-state index in [0.29, 0.717) is 11.3 Å². The van der Waals surface area contributed by atoms with Gasteiger partial charge in [0, 0.05) is 23.6 Å². The molecular formula is C22H20N2O7S. The van der Waals surface area contributed by atoms with Crippen LogP contribution in [0.15, 0.2) is 59.8 Å². The van der Waals surface area contributed by atoms with E-state index >= 15 is 0 Å². The van der Waals surface area contributed by atoms with Crippen LogP contribution in [0.5, 0.6) is 11.5 Å². The van der Waals surface area contributed by atoms with Crippen LogP contribution in [0.4, 0.5) is 5.69 Å². The molecule has 2 aromatic carbocycles. The van der Waals surface area contributed by atoms with Crippen LogP contribution in [0.25, 0.3) is 0 Å². The maximum Gasteiger partial charge on any atom is 0.337 e. The minimum absolute atomic E-state index is 0.124. The second kappa shape index (κ2) is 9.06. The highest BCUT2D eigenvalue weighted by Gasteiger charge is 2.17. The standard InChI is InChI=1S/C22H20N2O7S/c1-13-20(8-7-19(14(2)25)21(13)26)31-12-15-3-5-17(6-4-15)24-32(29,30)18-9-16(22(27)28)10-23-11-18/h3-11,24,26H,12H2,1-2H3,(H,27,28). The number of carboxylic acids is 1. The lowest BCUT2D eigenvalue weighted by atomic mass is 10.1. The molecule has 166 valence electrons. The number of hydrogen-bond donors (Lipinski definition) is 3. The number of Topliss-reactive ketones (excluding diaryl/α,β-unsaturated/α-hetero) is 1. The number of nitrogens with one attached hydrogen (secondary N) is 1. The molecule has 0 atom stereocenters. The third-order valence-electron chi connectivity index (χ3n) is 4.63. The normalized spacial score (nSPS) is 11.1. The Bertz CT molecular complexity index is 1290. The Balaban J connectivity index is 1.69. The Morgan fingerprint density at radius 3 is 2.41 bits per heavy atom. The molecule has 0 aliphatic carbocycles. The number of rotatable bonds is 8. The maximum atomic E-state index is 12.5. The number of benzene rings is 2. The first-order valence-corrected chi connectivity index (χ1v) is 10.8. The SMILES string of the molecule is CC(=O)c1ccc(OCc2ccc(NS(=O)(=O)c3cncc(C(=O)O)c3)cc2)c(C)c1O. The highest BCUT2D eigenvalue weighted by atomic mass is 32.2. The van der Waals surface area contributed by atoms with Crippen LogP contribution in [-0.2, 0) is 16.6 Å². The highest BCUT2D eigenvalue weighted by Crippen LogP contribution is 2.31. The fraction of sp³-hybridized carbons (Fsp3) is 0.136. The van der Waals surface area contributed by atoms with Gasteiger partial charge in [0.2, 0.25) is 0 Å². The molecule has 0 fully saturated rings. The predicted molar refractivity (Wildman–Crippen MR) is 116 cm³/mol. The fourth-order valence-electron chi connectivity index (χ4n) is 2.85. The topological polar surface area (TPSA) is 143 Å². The predicted octanol–water partition coefficient (Wildman–Crippen LogP) is 3.38. The van der Waals surface area contributed by atoms with Crippen molar-refractivity contribution in [1.29, 1.82) is 0 Å². The summed E-state index contributed by atoms with van der Waals surface area (Å²) < 4.78 is 33.1. The molecule has 0 spiro atoms. The second-order valence-electron chi connectivity index (χ2n) is 6.95. The second-order valence-corrected chi connectivity index (χ2v) is 8.63. The number of aromatic carboxylic acids is 1. The monoisotopic (exact) mass is 456 g/mol. The van der Waals surface area contributed by atoms with E-state index in [1.165, 1.54) is 25.1 Å². The van der Waals surface area contributed by atoms with E-state index in [1.54, 1.807) is 25.1 Å². The molecule has 1 aromatic heterocycles. The first kappa shape index (κ1) is 22.8. The molecule has 10 heteroatoms. The molecule has 0 aliphatic rings. The van der Waals surface area contributed by atoms with E-state index in [4.69, 9.17) is 9.84 Å². The molecule has 3 N–H and O–H groups in total. The number of anilines is 1. The molecule has 0 bridgehead atoms. The molecule has 1 heterocycles. The zero-order valence-electron chi connectivity index (χ0n) is 17.2. The van der Waals surface area contributed by atoms with Crippen LogP contribution >= 0.6 is 0 Å². The summed E-state index contributed by atoms with van der Waals surface area (Å²) in [7, 11) is -4.02. The van der Waals surface area contributed by atoms with Crippen LogP contribution in [0.2, 0.25) is 0 Å². The van der Waals surface area contributed by atoms with E-state index in [1.807, 2.05) is 0 Å². The van der Waals surface area contributed by atoms with Crippen LogP contribution < -0.4 is 9.46 Å². The van der Waals surface area contributed by atoms with E-state index < -0.39 is 16.0 Å². The lowest BCUT2D eigenvalue weighted by Crippen LogP contribution is -2.14. The van der Waals surface area contributed by atoms with Crippen molar-refractivity contribution in [2.75, 3.05) is 4.72 Å². The Labute approximate surface area is 184 Å². The number of ketones is 1. The smallest absolute Gasteiger partial charge is 0.337 e. The average molecular weight is 456 g/mol. The van der Waals surface area contributed by atoms with Crippen molar-refractivity contribution in [2.24, 2.45) is 0 Å². The van der Waals surface area contributed by atoms with Crippen molar-refractivity contribution in [3.8, 4) is 11.5 Å². The van der Waals surface area contributed by atoms with Gasteiger partial charge in [-0.05, 0) is 49.7 Å². The van der Waals surface area contributed by atoms with Crippen LogP contribution in [-0.4, -0.2) is 35.4 Å². The summed E-state index contributed by atoms with van der Waals surface area (Å²) in [5.74, 6) is -1.23. The molecule has 32 heavy (non-hydrogen) atoms. The number of aromatic nitrogens is 1. The Kier molecular flexibility index (Phi) is 6.45. The minimum Gasteiger partial charge on any atom is -0.507 e. The van der Waals surface area contributed by atoms with Crippen LogP contribution in [0.3, 0.4) is 0 Å². The maximum absolute atomic E-state index is 12.5. The summed E-state index contributed by atoms with van der Waals surface area (Å²) in [6, 6.07) is 10.5. The summed E-state index contributed by atoms with van der Waals surface area (Å²) in [6.07, 6.45) is 2.12. The van der Waals surface area contributed by atoms with Gasteiger partial charge in [0.15, 0.2) is 5.78 Å². The highest BCUT2D eigenvalue weighted by molar-refractivity contribution is 7.92. The van der Waals surface area contributed by atoms with Gasteiger partial charge in [0.25, 0.3) is 10.0 Å². The summed E-state index contributed by atoms with van der Waals surface area (Å²) in [5, 5.41) is 19.1. The number of aromatic hydroxyl groups is 1. The molecule has 0 amide bonds. The van der Waals surface area contributed by atoms with Gasteiger partial charge in [-0.1, -0.05) is 12.1 Å². The van der Waals surface area contributed by atoms with E-state index in [2.05, 4.69) is 9.71 Å². The molecule has 9 nitrogen and oxygen atoms in total. The number of phenols is 1. The quantitative estimate of drug-likeness (QED) is 0.438. The Morgan fingerprint density at radius 1 is 1.09 bits per heavy atom. The fourth-order valence-corrected chi connectivity index (χ4v) is 3.90. The van der Waals surface area contributed by atoms with Gasteiger partial charge in [0.05, 0.1) is 11.1 Å². The zero-order chi connectivity index (χ0) is 23.5. The number of phenolic OH excluding ortho intramolecular Hbond substituents is 1. The van der Waals surface area contributed by atoms with Gasteiger partial charge in [-0.2, -0.15) is 0 Å². The lowest BCUT2D eigenvalue weighted by Gasteiger charge is -2.13. The lowest BCUT2D eigenvalue weighted by molar-refractivity contribution is 0.0696. The number of ether oxygens (including phenoxy) is 1. The number of sulfonamides is 1. The van der Waals surface area contributed by atoms with Gasteiger partial charge >= 0.3 is 5.97 Å². The summed E-state index contributed by atoms with van der Waals surface area (Å²) in [5.41, 5.74) is 1.43. The van der Waals surface area contributed by atoms with E-state index in [-0.39, 0.29) is 39.8 Å². The third-order valence-corrected chi connectivity index (χ3v) is 5.98. The molecule has 0 radical (unpaired) electrons. The van der Waals surface area contributed by atoms with E-state index in [9.17, 15) is 23.1 Å². The van der Waals surface area contributed by atoms with Crippen molar-refractivity contribution < 1.29 is 33.0 Å². The van der Waals surface area contributed by atoms with Crippen molar-refractivity contribution >= 4 is 27.5 Å². The van der Waals surface area contributed by atoms with Gasteiger partial charge in [-0.25, -0.2) is 13.2 Å². The van der Waals surface area contributed by atoms with E-state index in [0.717, 1.165) is 24.0 Å². The zero-order valence-corrected chi connectivity index (χ0v) is 18.0. The summed E-state index contributed by atoms with van der Waals surface area (Å²) in [6.45, 7) is 3.16. The number of carboxylic acid groups (broad SMARTS) is 1. The van der Waals surface area contributed by atoms with Crippen molar-refractivity contribution in [2.45, 2.75) is 25.3 Å². The first-order valence-electron chi connectivity index (χ1n) is 9.35. The van der Waals surface area contributed by atoms with Gasteiger partial charge < -0.3 is 14.9 Å². The molecule has 0 saturated carbocycles.